The summed E-state index contributed by atoms with van der Waals surface area (Å²) < 4.78 is 5.05. The molecule has 0 saturated heterocycles. The van der Waals surface area contributed by atoms with Gasteiger partial charge in [-0.2, -0.15) is 0 Å². The van der Waals surface area contributed by atoms with Crippen LogP contribution in [0, 0.1) is 13.8 Å². The zero-order valence-corrected chi connectivity index (χ0v) is 17.6. The van der Waals surface area contributed by atoms with Crippen LogP contribution < -0.4 is 16.0 Å². The molecule has 0 fully saturated rings. The maximum atomic E-state index is 12.4. The molecule has 4 amide bonds. The van der Waals surface area contributed by atoms with Crippen molar-refractivity contribution in [2.24, 2.45) is 0 Å². The standard InChI is InChI=1S/C20H32N4O4/c1-14-8-7-9-16(15(14)2)21-17(25)12-24(10-11-28-6)13-18(26)22-19(27)23-20(3,4)5/h7-9H,10-13H2,1-6H3,(H,21,25)(H2,22,23,26,27). The molecule has 0 aromatic heterocycles. The van der Waals surface area contributed by atoms with E-state index in [4.69, 9.17) is 4.74 Å². The number of anilines is 1. The van der Waals surface area contributed by atoms with Gasteiger partial charge in [-0.05, 0) is 51.8 Å². The predicted molar refractivity (Wildman–Crippen MR) is 109 cm³/mol. The molecule has 0 aliphatic heterocycles. The summed E-state index contributed by atoms with van der Waals surface area (Å²) in [6, 6.07) is 5.12. The highest BCUT2D eigenvalue weighted by atomic mass is 16.5. The number of nitrogens with zero attached hydrogens (tertiary/aromatic N) is 1. The van der Waals surface area contributed by atoms with E-state index in [0.717, 1.165) is 16.8 Å². The van der Waals surface area contributed by atoms with Gasteiger partial charge in [0.1, 0.15) is 0 Å². The number of hydrogen-bond donors (Lipinski definition) is 3. The van der Waals surface area contributed by atoms with E-state index in [1.54, 1.807) is 12.0 Å². The Bertz CT molecular complexity index is 698. The third kappa shape index (κ3) is 8.96. The number of aryl methyl sites for hydroxylation is 1. The number of benzene rings is 1. The molecule has 0 atom stereocenters. The highest BCUT2D eigenvalue weighted by molar-refractivity contribution is 5.96. The molecule has 1 aromatic rings. The van der Waals surface area contributed by atoms with E-state index in [9.17, 15) is 14.4 Å². The number of amides is 4. The average Bonchev–Trinajstić information content (AvgIpc) is 2.54. The van der Waals surface area contributed by atoms with Gasteiger partial charge in [0.2, 0.25) is 11.8 Å². The van der Waals surface area contributed by atoms with Crippen LogP contribution >= 0.6 is 0 Å². The van der Waals surface area contributed by atoms with Crippen molar-refractivity contribution in [3.05, 3.63) is 29.3 Å². The van der Waals surface area contributed by atoms with E-state index < -0.39 is 17.5 Å². The summed E-state index contributed by atoms with van der Waals surface area (Å²) in [5, 5.41) is 7.81. The van der Waals surface area contributed by atoms with Crippen molar-refractivity contribution in [3.63, 3.8) is 0 Å². The molecule has 3 N–H and O–H groups in total. The predicted octanol–water partition coefficient (Wildman–Crippen LogP) is 1.81. The lowest BCUT2D eigenvalue weighted by Crippen LogP contribution is -2.51. The molecule has 0 bridgehead atoms. The molecule has 0 unspecified atom stereocenters. The Balaban J connectivity index is 2.66. The number of ether oxygens (including phenoxy) is 1. The molecular formula is C20H32N4O4. The molecule has 0 saturated carbocycles. The van der Waals surface area contributed by atoms with E-state index in [0.29, 0.717) is 13.2 Å². The third-order valence-electron chi connectivity index (χ3n) is 3.97. The first kappa shape index (κ1) is 23.6. The van der Waals surface area contributed by atoms with E-state index in [-0.39, 0.29) is 19.0 Å². The zero-order chi connectivity index (χ0) is 21.3. The van der Waals surface area contributed by atoms with Crippen molar-refractivity contribution >= 4 is 23.5 Å². The SMILES string of the molecule is COCCN(CC(=O)NC(=O)NC(C)(C)C)CC(=O)Nc1cccc(C)c1C. The summed E-state index contributed by atoms with van der Waals surface area (Å²) in [5.41, 5.74) is 2.37. The Morgan fingerprint density at radius 1 is 1.07 bits per heavy atom. The Morgan fingerprint density at radius 2 is 1.71 bits per heavy atom. The van der Waals surface area contributed by atoms with Gasteiger partial charge in [0, 0.05) is 24.9 Å². The Kier molecular flexibility index (Phi) is 9.08. The van der Waals surface area contributed by atoms with Gasteiger partial charge in [0.15, 0.2) is 0 Å². The summed E-state index contributed by atoms with van der Waals surface area (Å²) in [6.45, 7) is 10.0. The fourth-order valence-electron chi connectivity index (χ4n) is 2.45. The number of imide groups is 1. The molecule has 0 aliphatic carbocycles. The third-order valence-corrected chi connectivity index (χ3v) is 3.97. The minimum Gasteiger partial charge on any atom is -0.383 e. The number of urea groups is 1. The van der Waals surface area contributed by atoms with Crippen molar-refractivity contribution in [2.45, 2.75) is 40.2 Å². The van der Waals surface area contributed by atoms with Gasteiger partial charge >= 0.3 is 6.03 Å². The van der Waals surface area contributed by atoms with Gasteiger partial charge in [-0.1, -0.05) is 12.1 Å². The lowest BCUT2D eigenvalue weighted by molar-refractivity contribution is -0.122. The van der Waals surface area contributed by atoms with Gasteiger partial charge in [-0.3, -0.25) is 19.8 Å². The van der Waals surface area contributed by atoms with E-state index in [1.807, 2.05) is 52.8 Å². The molecule has 1 aromatic carbocycles. The van der Waals surface area contributed by atoms with Crippen molar-refractivity contribution in [2.75, 3.05) is 38.7 Å². The summed E-state index contributed by atoms with van der Waals surface area (Å²) in [5.74, 6) is -0.728. The van der Waals surface area contributed by atoms with Gasteiger partial charge in [-0.25, -0.2) is 4.79 Å². The fraction of sp³-hybridized carbons (Fsp3) is 0.550. The van der Waals surface area contributed by atoms with Crippen LogP contribution in [0.25, 0.3) is 0 Å². The molecule has 28 heavy (non-hydrogen) atoms. The first-order valence-corrected chi connectivity index (χ1v) is 9.21. The second-order valence-corrected chi connectivity index (χ2v) is 7.75. The highest BCUT2D eigenvalue weighted by Crippen LogP contribution is 2.17. The van der Waals surface area contributed by atoms with Crippen LogP contribution in [0.15, 0.2) is 18.2 Å². The Hall–Kier alpha value is -2.45. The first-order valence-electron chi connectivity index (χ1n) is 9.21. The lowest BCUT2D eigenvalue weighted by atomic mass is 10.1. The second kappa shape index (κ2) is 10.8. The van der Waals surface area contributed by atoms with Crippen molar-refractivity contribution < 1.29 is 19.1 Å². The molecule has 8 nitrogen and oxygen atoms in total. The number of carbonyl (C=O) groups excluding carboxylic acids is 3. The van der Waals surface area contributed by atoms with E-state index >= 15 is 0 Å². The minimum absolute atomic E-state index is 0.00501. The van der Waals surface area contributed by atoms with Crippen LogP contribution in [0.3, 0.4) is 0 Å². The van der Waals surface area contributed by atoms with Gasteiger partial charge in [-0.15, -0.1) is 0 Å². The molecule has 156 valence electrons. The number of carbonyl (C=O) groups is 3. The summed E-state index contributed by atoms with van der Waals surface area (Å²) in [6.07, 6.45) is 0. The smallest absolute Gasteiger partial charge is 0.321 e. The topological polar surface area (TPSA) is 99.8 Å². The average molecular weight is 393 g/mol. The van der Waals surface area contributed by atoms with Crippen LogP contribution in [0.5, 0.6) is 0 Å². The second-order valence-electron chi connectivity index (χ2n) is 7.75. The number of rotatable bonds is 8. The molecule has 1 rings (SSSR count). The summed E-state index contributed by atoms with van der Waals surface area (Å²) in [4.78, 5) is 38.1. The van der Waals surface area contributed by atoms with Gasteiger partial charge < -0.3 is 15.4 Å². The quantitative estimate of drug-likeness (QED) is 0.627. The molecule has 0 aliphatic rings. The van der Waals surface area contributed by atoms with Crippen LogP contribution in [0.4, 0.5) is 10.5 Å². The van der Waals surface area contributed by atoms with Crippen LogP contribution in [0.2, 0.25) is 0 Å². The molecular weight excluding hydrogens is 360 g/mol. The van der Waals surface area contributed by atoms with Crippen molar-refractivity contribution in [3.8, 4) is 0 Å². The molecule has 0 radical (unpaired) electrons. The fourth-order valence-corrected chi connectivity index (χ4v) is 2.45. The zero-order valence-electron chi connectivity index (χ0n) is 17.6. The first-order chi connectivity index (χ1) is 13.0. The number of nitrogens with one attached hydrogen (secondary N) is 3. The van der Waals surface area contributed by atoms with Gasteiger partial charge in [0.05, 0.1) is 19.7 Å². The minimum atomic E-state index is -0.566. The van der Waals surface area contributed by atoms with Gasteiger partial charge in [0.25, 0.3) is 0 Å². The molecule has 0 heterocycles. The van der Waals surface area contributed by atoms with E-state index in [1.165, 1.54) is 0 Å². The Morgan fingerprint density at radius 3 is 2.32 bits per heavy atom. The summed E-state index contributed by atoms with van der Waals surface area (Å²) in [7, 11) is 1.55. The highest BCUT2D eigenvalue weighted by Gasteiger charge is 2.19. The normalized spacial score (nSPS) is 11.2. The molecule has 0 spiro atoms. The Labute approximate surface area is 167 Å². The monoisotopic (exact) mass is 392 g/mol. The maximum absolute atomic E-state index is 12.4. The van der Waals surface area contributed by atoms with E-state index in [2.05, 4.69) is 16.0 Å². The summed E-state index contributed by atoms with van der Waals surface area (Å²) >= 11 is 0. The maximum Gasteiger partial charge on any atom is 0.321 e. The van der Waals surface area contributed by atoms with Crippen LogP contribution in [-0.2, 0) is 14.3 Å². The largest absolute Gasteiger partial charge is 0.383 e. The number of methoxy groups -OCH3 is 1. The number of hydrogen-bond acceptors (Lipinski definition) is 5. The van der Waals surface area contributed by atoms with Crippen molar-refractivity contribution in [1.82, 2.24) is 15.5 Å². The van der Waals surface area contributed by atoms with Crippen LogP contribution in [0.1, 0.15) is 31.9 Å². The lowest BCUT2D eigenvalue weighted by Gasteiger charge is -2.23. The van der Waals surface area contributed by atoms with Crippen LogP contribution in [-0.4, -0.2) is 61.6 Å². The molecule has 8 heteroatoms. The van der Waals surface area contributed by atoms with Crippen molar-refractivity contribution in [1.29, 1.82) is 0 Å².